The van der Waals surface area contributed by atoms with Gasteiger partial charge >= 0.3 is 5.69 Å². The van der Waals surface area contributed by atoms with Crippen molar-refractivity contribution in [2.75, 3.05) is 11.9 Å². The Balaban J connectivity index is 1.72. The zero-order valence-electron chi connectivity index (χ0n) is 15.1. The van der Waals surface area contributed by atoms with Gasteiger partial charge in [0.1, 0.15) is 6.33 Å². The zero-order valence-corrected chi connectivity index (χ0v) is 15.9. The summed E-state index contributed by atoms with van der Waals surface area (Å²) in [5, 5.41) is 7.23. The lowest BCUT2D eigenvalue weighted by molar-refractivity contribution is -0.114. The van der Waals surface area contributed by atoms with Crippen LogP contribution in [0.15, 0.2) is 53.5 Å². The lowest BCUT2D eigenvalue weighted by Crippen LogP contribution is -2.25. The van der Waals surface area contributed by atoms with E-state index in [1.807, 2.05) is 24.3 Å². The summed E-state index contributed by atoms with van der Waals surface area (Å²) < 4.78 is 15.2. The van der Waals surface area contributed by atoms with Gasteiger partial charge in [0.15, 0.2) is 5.13 Å². The monoisotopic (exact) mass is 402 g/mol. The molecule has 3 aromatic rings. The standard InChI is InChI=1S/C18H19FN6O2S/c1-12(26)23-17-21-9-16(28-17)6-13-2-4-15(5-3-13)24-11-22-25(18(24)27)10-14(7-19)8-20/h2-5,7,9,11H,6,8,10,20H2,1H3,(H,21,23,26)/b14-7+. The molecule has 0 bridgehead atoms. The molecule has 0 radical (unpaired) electrons. The van der Waals surface area contributed by atoms with Crippen LogP contribution in [0.25, 0.3) is 5.69 Å². The number of amides is 1. The summed E-state index contributed by atoms with van der Waals surface area (Å²) in [6.07, 6.45) is 4.18. The third-order valence-corrected chi connectivity index (χ3v) is 4.84. The minimum atomic E-state index is -0.372. The van der Waals surface area contributed by atoms with Crippen LogP contribution in [0.5, 0.6) is 0 Å². The van der Waals surface area contributed by atoms with Crippen LogP contribution in [0.1, 0.15) is 17.4 Å². The fraction of sp³-hybridized carbons (Fsp3) is 0.222. The second-order valence-electron chi connectivity index (χ2n) is 6.07. The molecule has 0 spiro atoms. The number of benzene rings is 1. The molecule has 10 heteroatoms. The summed E-state index contributed by atoms with van der Waals surface area (Å²) in [6.45, 7) is 1.47. The third-order valence-electron chi connectivity index (χ3n) is 3.93. The quantitative estimate of drug-likeness (QED) is 0.627. The van der Waals surface area contributed by atoms with Gasteiger partial charge in [-0.2, -0.15) is 5.10 Å². The second kappa shape index (κ2) is 8.72. The summed E-state index contributed by atoms with van der Waals surface area (Å²) in [5.74, 6) is -0.156. The van der Waals surface area contributed by atoms with Gasteiger partial charge in [-0.15, -0.1) is 11.3 Å². The first-order valence-corrected chi connectivity index (χ1v) is 9.26. The first-order chi connectivity index (χ1) is 13.5. The van der Waals surface area contributed by atoms with E-state index >= 15 is 0 Å². The van der Waals surface area contributed by atoms with Gasteiger partial charge in [0.25, 0.3) is 0 Å². The van der Waals surface area contributed by atoms with Crippen LogP contribution in [-0.2, 0) is 17.8 Å². The Morgan fingerprint density at radius 2 is 2.11 bits per heavy atom. The Hall–Kier alpha value is -3.11. The second-order valence-corrected chi connectivity index (χ2v) is 7.18. The number of nitrogens with zero attached hydrogens (tertiary/aromatic N) is 4. The van der Waals surface area contributed by atoms with Crippen LogP contribution in [0, 0.1) is 0 Å². The van der Waals surface area contributed by atoms with Crippen molar-refractivity contribution in [3.8, 4) is 5.69 Å². The van der Waals surface area contributed by atoms with E-state index < -0.39 is 0 Å². The van der Waals surface area contributed by atoms with Gasteiger partial charge in [-0.1, -0.05) is 12.1 Å². The molecule has 0 aliphatic rings. The van der Waals surface area contributed by atoms with Crippen molar-refractivity contribution >= 4 is 22.4 Å². The van der Waals surface area contributed by atoms with Crippen LogP contribution in [-0.4, -0.2) is 31.8 Å². The molecule has 2 aromatic heterocycles. The molecule has 1 aromatic carbocycles. The molecule has 28 heavy (non-hydrogen) atoms. The Labute approximate surface area is 164 Å². The van der Waals surface area contributed by atoms with Crippen LogP contribution in [0.2, 0.25) is 0 Å². The minimum absolute atomic E-state index is 0.0128. The third kappa shape index (κ3) is 4.59. The number of thiazole rings is 1. The highest BCUT2D eigenvalue weighted by atomic mass is 32.1. The number of nitrogens with one attached hydrogen (secondary N) is 1. The summed E-state index contributed by atoms with van der Waals surface area (Å²) in [4.78, 5) is 28.7. The first kappa shape index (κ1) is 19.6. The molecule has 0 saturated carbocycles. The molecule has 3 rings (SSSR count). The molecule has 0 unspecified atom stereocenters. The maximum atomic E-state index is 12.7. The van der Waals surface area contributed by atoms with E-state index in [4.69, 9.17) is 5.73 Å². The van der Waals surface area contributed by atoms with Crippen molar-refractivity contribution in [1.29, 1.82) is 0 Å². The largest absolute Gasteiger partial charge is 0.350 e. The molecular formula is C18H19FN6O2S. The van der Waals surface area contributed by atoms with Crippen LogP contribution < -0.4 is 16.7 Å². The maximum Gasteiger partial charge on any atom is 0.350 e. The Kier molecular flexibility index (Phi) is 6.12. The summed E-state index contributed by atoms with van der Waals surface area (Å²) in [5.41, 5.74) is 7.02. The van der Waals surface area contributed by atoms with Crippen molar-refractivity contribution in [2.45, 2.75) is 19.9 Å². The number of aromatic nitrogens is 4. The molecule has 146 valence electrons. The van der Waals surface area contributed by atoms with Crippen molar-refractivity contribution in [1.82, 2.24) is 19.3 Å². The molecule has 0 aliphatic carbocycles. The molecule has 3 N–H and O–H groups in total. The van der Waals surface area contributed by atoms with E-state index in [2.05, 4.69) is 15.4 Å². The fourth-order valence-electron chi connectivity index (χ4n) is 2.53. The minimum Gasteiger partial charge on any atom is -0.327 e. The van der Waals surface area contributed by atoms with Gasteiger partial charge in [0.2, 0.25) is 5.91 Å². The fourth-order valence-corrected chi connectivity index (χ4v) is 3.42. The Morgan fingerprint density at radius 1 is 1.36 bits per heavy atom. The van der Waals surface area contributed by atoms with E-state index in [1.165, 1.54) is 29.2 Å². The highest BCUT2D eigenvalue weighted by Crippen LogP contribution is 2.21. The molecule has 0 atom stereocenters. The predicted octanol–water partition coefficient (Wildman–Crippen LogP) is 1.85. The Bertz CT molecular complexity index is 1050. The van der Waals surface area contributed by atoms with Crippen molar-refractivity contribution < 1.29 is 9.18 Å². The van der Waals surface area contributed by atoms with Gasteiger partial charge in [-0.3, -0.25) is 4.79 Å². The maximum absolute atomic E-state index is 12.7. The molecule has 2 heterocycles. The number of anilines is 1. The summed E-state index contributed by atoms with van der Waals surface area (Å²) >= 11 is 1.41. The highest BCUT2D eigenvalue weighted by molar-refractivity contribution is 7.15. The van der Waals surface area contributed by atoms with Crippen molar-refractivity contribution in [3.63, 3.8) is 0 Å². The number of carbonyl (C=O) groups excluding carboxylic acids is 1. The first-order valence-electron chi connectivity index (χ1n) is 8.44. The SMILES string of the molecule is CC(=O)Nc1ncc(Cc2ccc(-n3cnn(C/C(=C/F)CN)c3=O)cc2)s1. The number of hydrogen-bond acceptors (Lipinski definition) is 6. The smallest absolute Gasteiger partial charge is 0.327 e. The number of carbonyl (C=O) groups is 1. The summed E-state index contributed by atoms with van der Waals surface area (Å²) in [6, 6.07) is 7.44. The molecular weight excluding hydrogens is 383 g/mol. The predicted molar refractivity (Wildman–Crippen MR) is 105 cm³/mol. The molecule has 8 nitrogen and oxygen atoms in total. The number of nitrogens with two attached hydrogens (primary N) is 1. The number of halogens is 1. The van der Waals surface area contributed by atoms with Gasteiger partial charge < -0.3 is 11.1 Å². The molecule has 1 amide bonds. The van der Waals surface area contributed by atoms with E-state index in [0.29, 0.717) is 23.6 Å². The lowest BCUT2D eigenvalue weighted by Gasteiger charge is -2.04. The lowest BCUT2D eigenvalue weighted by atomic mass is 10.1. The normalized spacial score (nSPS) is 11.6. The van der Waals surface area contributed by atoms with Gasteiger partial charge in [-0.05, 0) is 23.3 Å². The number of hydrogen-bond donors (Lipinski definition) is 2. The Morgan fingerprint density at radius 3 is 2.75 bits per heavy atom. The summed E-state index contributed by atoms with van der Waals surface area (Å²) in [7, 11) is 0. The van der Waals surface area contributed by atoms with Crippen LogP contribution in [0.4, 0.5) is 9.52 Å². The average Bonchev–Trinajstić information content (AvgIpc) is 3.26. The van der Waals surface area contributed by atoms with Gasteiger partial charge in [0, 0.05) is 31.0 Å². The van der Waals surface area contributed by atoms with E-state index in [9.17, 15) is 14.0 Å². The van der Waals surface area contributed by atoms with Crippen LogP contribution >= 0.6 is 11.3 Å². The molecule has 0 aliphatic heterocycles. The highest BCUT2D eigenvalue weighted by Gasteiger charge is 2.09. The van der Waals surface area contributed by atoms with Crippen LogP contribution in [0.3, 0.4) is 0 Å². The average molecular weight is 402 g/mol. The van der Waals surface area contributed by atoms with Gasteiger partial charge in [0.05, 0.1) is 18.6 Å². The van der Waals surface area contributed by atoms with Crippen molar-refractivity contribution in [3.05, 3.63) is 69.6 Å². The molecule has 0 fully saturated rings. The topological polar surface area (TPSA) is 108 Å². The van der Waals surface area contributed by atoms with E-state index in [0.717, 1.165) is 15.1 Å². The van der Waals surface area contributed by atoms with E-state index in [-0.39, 0.29) is 30.3 Å². The molecule has 0 saturated heterocycles. The van der Waals surface area contributed by atoms with Crippen molar-refractivity contribution in [2.24, 2.45) is 5.73 Å². The van der Waals surface area contributed by atoms with E-state index in [1.54, 1.807) is 6.20 Å². The van der Waals surface area contributed by atoms with Gasteiger partial charge in [-0.25, -0.2) is 23.4 Å². The number of rotatable bonds is 7. The zero-order chi connectivity index (χ0) is 20.1.